The molecule has 1 aliphatic heterocycles. The van der Waals surface area contributed by atoms with E-state index >= 15 is 0 Å². The zero-order chi connectivity index (χ0) is 14.5. The van der Waals surface area contributed by atoms with Gasteiger partial charge in [0.25, 0.3) is 0 Å². The van der Waals surface area contributed by atoms with Gasteiger partial charge in [-0.3, -0.25) is 0 Å². The molecule has 1 aromatic carbocycles. The number of benzene rings is 1. The summed E-state index contributed by atoms with van der Waals surface area (Å²) in [5.41, 5.74) is 0.992. The molecule has 0 saturated carbocycles. The smallest absolute Gasteiger partial charge is 0.137 e. The van der Waals surface area contributed by atoms with E-state index in [0.29, 0.717) is 6.61 Å². The Morgan fingerprint density at radius 1 is 1.30 bits per heavy atom. The first-order chi connectivity index (χ1) is 9.54. The topological polar surface area (TPSA) is 38.3 Å². The first-order valence-corrected chi connectivity index (χ1v) is 7.64. The molecule has 0 radical (unpaired) electrons. The highest BCUT2D eigenvalue weighted by atomic mass is 35.5. The number of likely N-dealkylation sites (N-methyl/N-ethyl adjacent to an activating group) is 1. The molecule has 112 valence electrons. The molecule has 2 rings (SSSR count). The van der Waals surface area contributed by atoms with Crippen LogP contribution in [0.3, 0.4) is 0 Å². The lowest BCUT2D eigenvalue weighted by Crippen LogP contribution is -3.27. The zero-order valence-electron chi connectivity index (χ0n) is 12.3. The Labute approximate surface area is 125 Å². The van der Waals surface area contributed by atoms with E-state index in [1.807, 2.05) is 25.1 Å². The Hall–Kier alpha value is -0.810. The molecule has 1 aromatic rings. The molecule has 1 saturated heterocycles. The zero-order valence-corrected chi connectivity index (χ0v) is 13.0. The highest BCUT2D eigenvalue weighted by Crippen LogP contribution is 2.20. The molecule has 1 heterocycles. The van der Waals surface area contributed by atoms with Crippen molar-refractivity contribution >= 4 is 11.6 Å². The molecule has 5 heteroatoms. The van der Waals surface area contributed by atoms with E-state index in [1.165, 1.54) is 18.0 Å². The van der Waals surface area contributed by atoms with E-state index in [2.05, 4.69) is 7.05 Å². The molecule has 0 spiro atoms. The van der Waals surface area contributed by atoms with Crippen LogP contribution < -0.4 is 14.5 Å². The maximum absolute atomic E-state index is 10.1. The number of quaternary nitrogens is 2. The molecular formula is C15H25ClN2O2+2. The van der Waals surface area contributed by atoms with Gasteiger partial charge in [0.1, 0.15) is 51.2 Å². The van der Waals surface area contributed by atoms with Gasteiger partial charge in [-0.2, -0.15) is 0 Å². The molecule has 0 bridgehead atoms. The number of hydrogen-bond acceptors (Lipinski definition) is 2. The lowest BCUT2D eigenvalue weighted by Gasteiger charge is -2.28. The first-order valence-electron chi connectivity index (χ1n) is 7.26. The van der Waals surface area contributed by atoms with Gasteiger partial charge in [-0.15, -0.1) is 0 Å². The Kier molecular flexibility index (Phi) is 5.66. The quantitative estimate of drug-likeness (QED) is 0.639. The fourth-order valence-electron chi connectivity index (χ4n) is 2.53. The molecule has 3 N–H and O–H groups in total. The van der Waals surface area contributed by atoms with E-state index in [1.54, 1.807) is 4.90 Å². The number of halogens is 1. The second kappa shape index (κ2) is 7.27. The molecule has 1 atom stereocenters. The van der Waals surface area contributed by atoms with Crippen LogP contribution in [0.2, 0.25) is 5.02 Å². The van der Waals surface area contributed by atoms with Crippen molar-refractivity contribution in [3.05, 3.63) is 28.8 Å². The highest BCUT2D eigenvalue weighted by Gasteiger charge is 2.22. The number of hydrogen-bond donors (Lipinski definition) is 3. The molecule has 1 aliphatic rings. The summed E-state index contributed by atoms with van der Waals surface area (Å²) in [6.07, 6.45) is -0.417. The average molecular weight is 301 g/mol. The predicted octanol–water partition coefficient (Wildman–Crippen LogP) is -1.20. The molecule has 0 unspecified atom stereocenters. The van der Waals surface area contributed by atoms with Crippen LogP contribution in [0.1, 0.15) is 5.56 Å². The van der Waals surface area contributed by atoms with Crippen molar-refractivity contribution < 1.29 is 19.6 Å². The van der Waals surface area contributed by atoms with Crippen molar-refractivity contribution in [1.82, 2.24) is 0 Å². The van der Waals surface area contributed by atoms with Gasteiger partial charge in [0.15, 0.2) is 0 Å². The Morgan fingerprint density at radius 3 is 2.65 bits per heavy atom. The Bertz CT molecular complexity index is 434. The summed E-state index contributed by atoms with van der Waals surface area (Å²) in [4.78, 5) is 3.05. The van der Waals surface area contributed by atoms with Gasteiger partial charge >= 0.3 is 0 Å². The molecule has 1 fully saturated rings. The minimum Gasteiger partial charge on any atom is -0.491 e. The van der Waals surface area contributed by atoms with Crippen molar-refractivity contribution in [2.75, 3.05) is 46.4 Å². The lowest BCUT2D eigenvalue weighted by molar-refractivity contribution is -1.00. The van der Waals surface area contributed by atoms with Gasteiger partial charge in [-0.25, -0.2) is 0 Å². The maximum atomic E-state index is 10.1. The van der Waals surface area contributed by atoms with Gasteiger partial charge in [-0.05, 0) is 30.7 Å². The normalized spacial score (nSPS) is 24.4. The second-order valence-corrected chi connectivity index (χ2v) is 6.19. The van der Waals surface area contributed by atoms with E-state index < -0.39 is 6.10 Å². The minimum atomic E-state index is -0.417. The van der Waals surface area contributed by atoms with Gasteiger partial charge < -0.3 is 19.6 Å². The number of aliphatic hydroxyl groups excluding tert-OH is 1. The molecule has 0 aliphatic carbocycles. The van der Waals surface area contributed by atoms with Crippen LogP contribution in [-0.4, -0.2) is 57.6 Å². The molecule has 20 heavy (non-hydrogen) atoms. The van der Waals surface area contributed by atoms with Crippen LogP contribution in [0.5, 0.6) is 5.75 Å². The van der Waals surface area contributed by atoms with Gasteiger partial charge in [0, 0.05) is 5.02 Å². The van der Waals surface area contributed by atoms with Crippen LogP contribution in [0, 0.1) is 6.92 Å². The van der Waals surface area contributed by atoms with Crippen LogP contribution in [-0.2, 0) is 0 Å². The summed E-state index contributed by atoms with van der Waals surface area (Å²) in [7, 11) is 2.22. The lowest BCUT2D eigenvalue weighted by atomic mass is 10.2. The highest BCUT2D eigenvalue weighted by molar-refractivity contribution is 6.31. The summed E-state index contributed by atoms with van der Waals surface area (Å²) in [6, 6.07) is 5.57. The van der Waals surface area contributed by atoms with E-state index in [-0.39, 0.29) is 0 Å². The number of nitrogens with one attached hydrogen (secondary N) is 2. The molecular weight excluding hydrogens is 276 g/mol. The standard InChI is InChI=1S/C15H23ClN2O2/c1-12-9-14(3-4-15(12)16)20-11-13(19)10-18-7-5-17(2)6-8-18/h3-4,9,13,19H,5-8,10-11H2,1-2H3/p+2/t13-/m1/s1. The molecule has 0 amide bonds. The molecule has 4 nitrogen and oxygen atoms in total. The SMILES string of the molecule is Cc1cc(OC[C@H](O)C[NH+]2CC[NH+](C)CC2)ccc1Cl. The van der Waals surface area contributed by atoms with Crippen molar-refractivity contribution in [3.63, 3.8) is 0 Å². The van der Waals surface area contributed by atoms with Crippen molar-refractivity contribution in [2.24, 2.45) is 0 Å². The van der Waals surface area contributed by atoms with Gasteiger partial charge in [0.05, 0.1) is 7.05 Å². The summed E-state index contributed by atoms with van der Waals surface area (Å²) < 4.78 is 5.64. The van der Waals surface area contributed by atoms with Crippen LogP contribution in [0.25, 0.3) is 0 Å². The average Bonchev–Trinajstić information content (AvgIpc) is 2.43. The Balaban J connectivity index is 1.74. The Morgan fingerprint density at radius 2 is 2.00 bits per heavy atom. The number of aryl methyl sites for hydroxylation is 1. The predicted molar refractivity (Wildman–Crippen MR) is 79.9 cm³/mol. The summed E-state index contributed by atoms with van der Waals surface area (Å²) >= 11 is 5.97. The van der Waals surface area contributed by atoms with Gasteiger partial charge in [0.2, 0.25) is 0 Å². The van der Waals surface area contributed by atoms with Crippen LogP contribution in [0.15, 0.2) is 18.2 Å². The fourth-order valence-corrected chi connectivity index (χ4v) is 2.64. The van der Waals surface area contributed by atoms with E-state index in [4.69, 9.17) is 16.3 Å². The number of aliphatic hydroxyl groups is 1. The number of rotatable bonds is 5. The van der Waals surface area contributed by atoms with Crippen molar-refractivity contribution in [2.45, 2.75) is 13.0 Å². The molecule has 0 aromatic heterocycles. The summed E-state index contributed by atoms with van der Waals surface area (Å²) in [5.74, 6) is 0.767. The third kappa shape index (κ3) is 4.63. The monoisotopic (exact) mass is 300 g/mol. The van der Waals surface area contributed by atoms with Gasteiger partial charge in [-0.1, -0.05) is 11.6 Å². The van der Waals surface area contributed by atoms with E-state index in [0.717, 1.165) is 36.0 Å². The van der Waals surface area contributed by atoms with Crippen LogP contribution >= 0.6 is 11.6 Å². The third-order valence-corrected chi connectivity index (χ3v) is 4.33. The maximum Gasteiger partial charge on any atom is 0.137 e. The van der Waals surface area contributed by atoms with E-state index in [9.17, 15) is 5.11 Å². The van der Waals surface area contributed by atoms with Crippen molar-refractivity contribution in [1.29, 1.82) is 0 Å². The third-order valence-electron chi connectivity index (χ3n) is 3.91. The summed E-state index contributed by atoms with van der Waals surface area (Å²) in [5, 5.41) is 10.8. The minimum absolute atomic E-state index is 0.341. The fraction of sp³-hybridized carbons (Fsp3) is 0.600. The first kappa shape index (κ1) is 15.6. The second-order valence-electron chi connectivity index (χ2n) is 5.79. The van der Waals surface area contributed by atoms with Crippen molar-refractivity contribution in [3.8, 4) is 5.75 Å². The number of ether oxygens (including phenoxy) is 1. The number of piperazine rings is 1. The van der Waals surface area contributed by atoms with Crippen LogP contribution in [0.4, 0.5) is 0 Å². The largest absolute Gasteiger partial charge is 0.491 e. The summed E-state index contributed by atoms with van der Waals surface area (Å²) in [6.45, 7) is 7.67.